The normalized spacial score (nSPS) is 19.9. The molecule has 2 rings (SSSR count). The van der Waals surface area contributed by atoms with Gasteiger partial charge < -0.3 is 15.3 Å². The first kappa shape index (κ1) is 17.0. The summed E-state index contributed by atoms with van der Waals surface area (Å²) in [6.45, 7) is 4.53. The van der Waals surface area contributed by atoms with Crippen LogP contribution in [0.1, 0.15) is 44.2 Å². The number of rotatable bonds is 7. The first-order chi connectivity index (χ1) is 10.7. The van der Waals surface area contributed by atoms with Crippen molar-refractivity contribution in [3.8, 4) is 0 Å². The van der Waals surface area contributed by atoms with Crippen LogP contribution in [0.25, 0.3) is 0 Å². The largest absolute Gasteiger partial charge is 0.396 e. The fourth-order valence-electron chi connectivity index (χ4n) is 3.11. The molecule has 122 valence electrons. The smallest absolute Gasteiger partial charge is 0.236 e. The standard InChI is InChI=1S/C18H28N2O2/c1-15-7-5-11-20(14-15)18(22)13-19-17(10-6-12-21)16-8-3-2-4-9-16/h2-4,8-9,15,17,19,21H,5-7,10-14H2,1H3. The Morgan fingerprint density at radius 2 is 2.18 bits per heavy atom. The summed E-state index contributed by atoms with van der Waals surface area (Å²) in [6, 6.07) is 10.3. The molecule has 0 radical (unpaired) electrons. The summed E-state index contributed by atoms with van der Waals surface area (Å²) in [5, 5.41) is 12.4. The first-order valence-electron chi connectivity index (χ1n) is 8.37. The van der Waals surface area contributed by atoms with Gasteiger partial charge in [0.05, 0.1) is 6.54 Å². The lowest BCUT2D eigenvalue weighted by atomic mass is 10.00. The maximum Gasteiger partial charge on any atom is 0.236 e. The molecule has 22 heavy (non-hydrogen) atoms. The highest BCUT2D eigenvalue weighted by Gasteiger charge is 2.21. The zero-order valence-corrected chi connectivity index (χ0v) is 13.5. The Labute approximate surface area is 133 Å². The fourth-order valence-corrected chi connectivity index (χ4v) is 3.11. The van der Waals surface area contributed by atoms with Crippen molar-refractivity contribution >= 4 is 5.91 Å². The van der Waals surface area contributed by atoms with E-state index in [1.54, 1.807) is 0 Å². The van der Waals surface area contributed by atoms with Crippen LogP contribution in [-0.4, -0.2) is 42.2 Å². The van der Waals surface area contributed by atoms with E-state index >= 15 is 0 Å². The number of amides is 1. The molecule has 0 spiro atoms. The van der Waals surface area contributed by atoms with Crippen molar-refractivity contribution in [2.45, 2.75) is 38.6 Å². The predicted octanol–water partition coefficient (Wildman–Crippen LogP) is 2.35. The molecule has 1 amide bonds. The number of hydrogen-bond donors (Lipinski definition) is 2. The number of carbonyl (C=O) groups is 1. The number of likely N-dealkylation sites (tertiary alicyclic amines) is 1. The number of nitrogens with zero attached hydrogens (tertiary/aromatic N) is 1. The number of benzene rings is 1. The third-order valence-corrected chi connectivity index (χ3v) is 4.36. The highest BCUT2D eigenvalue weighted by molar-refractivity contribution is 5.78. The summed E-state index contributed by atoms with van der Waals surface area (Å²) in [4.78, 5) is 14.3. The van der Waals surface area contributed by atoms with Gasteiger partial charge in [-0.3, -0.25) is 4.79 Å². The molecule has 2 unspecified atom stereocenters. The van der Waals surface area contributed by atoms with E-state index in [1.165, 1.54) is 12.0 Å². The summed E-state index contributed by atoms with van der Waals surface area (Å²) < 4.78 is 0. The molecule has 0 aromatic heterocycles. The second kappa shape index (κ2) is 8.91. The van der Waals surface area contributed by atoms with Gasteiger partial charge in [0.1, 0.15) is 0 Å². The van der Waals surface area contributed by atoms with E-state index < -0.39 is 0 Å². The van der Waals surface area contributed by atoms with Crippen LogP contribution in [0, 0.1) is 5.92 Å². The molecule has 1 aliphatic heterocycles. The molecule has 1 saturated heterocycles. The van der Waals surface area contributed by atoms with Crippen LogP contribution >= 0.6 is 0 Å². The Kier molecular flexibility index (Phi) is 6.87. The van der Waals surface area contributed by atoms with Crippen molar-refractivity contribution in [3.63, 3.8) is 0 Å². The van der Waals surface area contributed by atoms with Crippen molar-refractivity contribution < 1.29 is 9.90 Å². The predicted molar refractivity (Wildman–Crippen MR) is 88.5 cm³/mol. The van der Waals surface area contributed by atoms with Gasteiger partial charge in [-0.25, -0.2) is 0 Å². The van der Waals surface area contributed by atoms with Crippen LogP contribution in [0.4, 0.5) is 0 Å². The van der Waals surface area contributed by atoms with Crippen molar-refractivity contribution in [3.05, 3.63) is 35.9 Å². The molecule has 4 heteroatoms. The lowest BCUT2D eigenvalue weighted by Crippen LogP contribution is -2.44. The van der Waals surface area contributed by atoms with E-state index in [1.807, 2.05) is 23.1 Å². The van der Waals surface area contributed by atoms with E-state index in [-0.39, 0.29) is 18.6 Å². The molecule has 2 N–H and O–H groups in total. The van der Waals surface area contributed by atoms with Gasteiger partial charge >= 0.3 is 0 Å². The fraction of sp³-hybridized carbons (Fsp3) is 0.611. The van der Waals surface area contributed by atoms with Crippen LogP contribution in [0.2, 0.25) is 0 Å². The second-order valence-electron chi connectivity index (χ2n) is 6.30. The molecule has 1 aromatic carbocycles. The second-order valence-corrected chi connectivity index (χ2v) is 6.30. The van der Waals surface area contributed by atoms with Crippen LogP contribution in [-0.2, 0) is 4.79 Å². The number of hydrogen-bond acceptors (Lipinski definition) is 3. The van der Waals surface area contributed by atoms with Gasteiger partial charge in [-0.15, -0.1) is 0 Å². The van der Waals surface area contributed by atoms with Crippen molar-refractivity contribution in [2.24, 2.45) is 5.92 Å². The third-order valence-electron chi connectivity index (χ3n) is 4.36. The Bertz CT molecular complexity index is 450. The van der Waals surface area contributed by atoms with E-state index in [0.717, 1.165) is 32.4 Å². The molecule has 1 fully saturated rings. The highest BCUT2D eigenvalue weighted by atomic mass is 16.3. The summed E-state index contributed by atoms with van der Waals surface area (Å²) in [6.07, 6.45) is 3.91. The molecule has 0 aliphatic carbocycles. The first-order valence-corrected chi connectivity index (χ1v) is 8.37. The van der Waals surface area contributed by atoms with Crippen LogP contribution in [0.3, 0.4) is 0 Å². The third kappa shape index (κ3) is 5.11. The molecule has 0 bridgehead atoms. The van der Waals surface area contributed by atoms with Gasteiger partial charge in [-0.1, -0.05) is 37.3 Å². The monoisotopic (exact) mass is 304 g/mol. The lowest BCUT2D eigenvalue weighted by Gasteiger charge is -2.31. The Balaban J connectivity index is 1.88. The summed E-state index contributed by atoms with van der Waals surface area (Å²) in [5.41, 5.74) is 1.18. The van der Waals surface area contributed by atoms with E-state index in [2.05, 4.69) is 24.4 Å². The van der Waals surface area contributed by atoms with E-state index in [4.69, 9.17) is 5.11 Å². The molecular formula is C18H28N2O2. The molecule has 2 atom stereocenters. The van der Waals surface area contributed by atoms with Crippen LogP contribution < -0.4 is 5.32 Å². The minimum atomic E-state index is 0.125. The number of carbonyl (C=O) groups excluding carboxylic acids is 1. The maximum atomic E-state index is 12.4. The topological polar surface area (TPSA) is 52.6 Å². The Morgan fingerprint density at radius 1 is 1.41 bits per heavy atom. The number of piperidine rings is 1. The van der Waals surface area contributed by atoms with Crippen molar-refractivity contribution in [2.75, 3.05) is 26.2 Å². The number of aliphatic hydroxyl groups is 1. The average molecular weight is 304 g/mol. The summed E-state index contributed by atoms with van der Waals surface area (Å²) in [7, 11) is 0. The number of nitrogens with one attached hydrogen (secondary N) is 1. The van der Waals surface area contributed by atoms with Crippen LogP contribution in [0.5, 0.6) is 0 Å². The van der Waals surface area contributed by atoms with Gasteiger partial charge in [0, 0.05) is 25.7 Å². The summed E-state index contributed by atoms with van der Waals surface area (Å²) >= 11 is 0. The molecule has 4 nitrogen and oxygen atoms in total. The molecule has 1 heterocycles. The molecular weight excluding hydrogens is 276 g/mol. The van der Waals surface area contributed by atoms with Crippen LogP contribution in [0.15, 0.2) is 30.3 Å². The average Bonchev–Trinajstić information content (AvgIpc) is 2.55. The van der Waals surface area contributed by atoms with E-state index in [0.29, 0.717) is 12.5 Å². The van der Waals surface area contributed by atoms with Gasteiger partial charge in [-0.2, -0.15) is 0 Å². The summed E-state index contributed by atoms with van der Waals surface area (Å²) in [5.74, 6) is 0.800. The minimum Gasteiger partial charge on any atom is -0.396 e. The zero-order chi connectivity index (χ0) is 15.8. The molecule has 1 aromatic rings. The lowest BCUT2D eigenvalue weighted by molar-refractivity contribution is -0.132. The SMILES string of the molecule is CC1CCCN(C(=O)CNC(CCCO)c2ccccc2)C1. The minimum absolute atomic E-state index is 0.125. The Morgan fingerprint density at radius 3 is 2.86 bits per heavy atom. The Hall–Kier alpha value is -1.39. The van der Waals surface area contributed by atoms with Crippen molar-refractivity contribution in [1.82, 2.24) is 10.2 Å². The molecule has 0 saturated carbocycles. The highest BCUT2D eigenvalue weighted by Crippen LogP contribution is 2.19. The quantitative estimate of drug-likeness (QED) is 0.813. The van der Waals surface area contributed by atoms with Gasteiger partial charge in [0.2, 0.25) is 5.91 Å². The van der Waals surface area contributed by atoms with Gasteiger partial charge in [0.15, 0.2) is 0 Å². The maximum absolute atomic E-state index is 12.4. The molecule has 1 aliphatic rings. The van der Waals surface area contributed by atoms with Crippen molar-refractivity contribution in [1.29, 1.82) is 0 Å². The van der Waals surface area contributed by atoms with E-state index in [9.17, 15) is 4.79 Å². The van der Waals surface area contributed by atoms with Gasteiger partial charge in [0.25, 0.3) is 0 Å². The van der Waals surface area contributed by atoms with Gasteiger partial charge in [-0.05, 0) is 37.2 Å². The zero-order valence-electron chi connectivity index (χ0n) is 13.5. The number of aliphatic hydroxyl groups excluding tert-OH is 1.